The van der Waals surface area contributed by atoms with Crippen molar-refractivity contribution in [2.75, 3.05) is 20.7 Å². The van der Waals surface area contributed by atoms with Crippen LogP contribution in [-0.2, 0) is 6.54 Å². The lowest BCUT2D eigenvalue weighted by molar-refractivity contribution is 0.306. The zero-order valence-electron chi connectivity index (χ0n) is 13.1. The highest BCUT2D eigenvalue weighted by Crippen LogP contribution is 2.21. The molecule has 0 fully saturated rings. The summed E-state index contributed by atoms with van der Waals surface area (Å²) in [6.07, 6.45) is 3.20. The third kappa shape index (κ3) is 6.08. The number of benzene rings is 1. The van der Waals surface area contributed by atoms with Crippen LogP contribution in [0.1, 0.15) is 38.7 Å². The van der Waals surface area contributed by atoms with Gasteiger partial charge in [-0.05, 0) is 58.0 Å². The molecule has 0 radical (unpaired) electrons. The largest absolute Gasteiger partial charge is 0.497 e. The molecule has 0 heterocycles. The van der Waals surface area contributed by atoms with E-state index in [0.717, 1.165) is 38.1 Å². The van der Waals surface area contributed by atoms with Gasteiger partial charge in [-0.2, -0.15) is 5.26 Å². The van der Waals surface area contributed by atoms with Gasteiger partial charge >= 0.3 is 0 Å². The Kier molecular flexibility index (Phi) is 6.54. The monoisotopic (exact) mass is 274 g/mol. The van der Waals surface area contributed by atoms with Gasteiger partial charge in [-0.25, -0.2) is 0 Å². The number of hydrogen-bond acceptors (Lipinski definition) is 3. The fourth-order valence-electron chi connectivity index (χ4n) is 2.17. The standard InChI is InChI=1S/C17H26N2O/c1-17(2,14-18)10-5-6-11-19(3)13-15-8-7-9-16(12-15)20-4/h7-9,12H,5-6,10-11,13H2,1-4H3. The van der Waals surface area contributed by atoms with Crippen molar-refractivity contribution in [3.8, 4) is 11.8 Å². The average molecular weight is 274 g/mol. The molecule has 0 unspecified atom stereocenters. The van der Waals surface area contributed by atoms with Gasteiger partial charge in [0.15, 0.2) is 0 Å². The Hall–Kier alpha value is -1.53. The number of ether oxygens (including phenoxy) is 1. The van der Waals surface area contributed by atoms with E-state index in [1.54, 1.807) is 7.11 Å². The highest BCUT2D eigenvalue weighted by molar-refractivity contribution is 5.28. The maximum absolute atomic E-state index is 8.97. The van der Waals surface area contributed by atoms with E-state index in [-0.39, 0.29) is 5.41 Å². The lowest BCUT2D eigenvalue weighted by Gasteiger charge is -2.19. The molecule has 0 aromatic heterocycles. The third-order valence-corrected chi connectivity index (χ3v) is 3.48. The molecule has 0 aliphatic heterocycles. The molecule has 0 amide bonds. The van der Waals surface area contributed by atoms with Crippen LogP contribution in [0.15, 0.2) is 24.3 Å². The maximum atomic E-state index is 8.97. The van der Waals surface area contributed by atoms with Crippen LogP contribution >= 0.6 is 0 Å². The van der Waals surface area contributed by atoms with Gasteiger partial charge in [-0.3, -0.25) is 0 Å². The predicted octanol–water partition coefficient (Wildman–Crippen LogP) is 3.85. The number of rotatable bonds is 8. The number of unbranched alkanes of at least 4 members (excludes halogenated alkanes) is 1. The summed E-state index contributed by atoms with van der Waals surface area (Å²) in [6.45, 7) is 6.00. The molecule has 0 aliphatic rings. The van der Waals surface area contributed by atoms with E-state index in [1.165, 1.54) is 5.56 Å². The molecule has 1 aromatic carbocycles. The molecule has 1 rings (SSSR count). The van der Waals surface area contributed by atoms with Crippen molar-refractivity contribution in [3.05, 3.63) is 29.8 Å². The molecule has 0 saturated heterocycles. The summed E-state index contributed by atoms with van der Waals surface area (Å²) < 4.78 is 5.24. The van der Waals surface area contributed by atoms with Crippen molar-refractivity contribution >= 4 is 0 Å². The number of nitrogens with zero attached hydrogens (tertiary/aromatic N) is 2. The Labute approximate surface area is 123 Å². The summed E-state index contributed by atoms with van der Waals surface area (Å²) in [5.41, 5.74) is 1.08. The molecule has 0 bridgehead atoms. The van der Waals surface area contributed by atoms with E-state index in [2.05, 4.69) is 30.1 Å². The van der Waals surface area contributed by atoms with E-state index in [9.17, 15) is 0 Å². The minimum atomic E-state index is -0.189. The summed E-state index contributed by atoms with van der Waals surface area (Å²) in [5, 5.41) is 8.97. The molecule has 0 saturated carbocycles. The first-order valence-electron chi connectivity index (χ1n) is 7.19. The van der Waals surface area contributed by atoms with Crippen molar-refractivity contribution in [2.45, 2.75) is 39.7 Å². The Bertz CT molecular complexity index is 449. The summed E-state index contributed by atoms with van der Waals surface area (Å²) in [4.78, 5) is 2.31. The molecular formula is C17H26N2O. The lowest BCUT2D eigenvalue weighted by atomic mass is 9.89. The van der Waals surface area contributed by atoms with Crippen molar-refractivity contribution in [2.24, 2.45) is 5.41 Å². The second kappa shape index (κ2) is 7.91. The quantitative estimate of drug-likeness (QED) is 0.676. The third-order valence-electron chi connectivity index (χ3n) is 3.48. The van der Waals surface area contributed by atoms with E-state index in [1.807, 2.05) is 26.0 Å². The van der Waals surface area contributed by atoms with Crippen LogP contribution in [-0.4, -0.2) is 25.6 Å². The van der Waals surface area contributed by atoms with E-state index in [4.69, 9.17) is 10.00 Å². The summed E-state index contributed by atoms with van der Waals surface area (Å²) >= 11 is 0. The summed E-state index contributed by atoms with van der Waals surface area (Å²) in [5.74, 6) is 0.909. The topological polar surface area (TPSA) is 36.3 Å². The van der Waals surface area contributed by atoms with Gasteiger partial charge in [0.05, 0.1) is 18.6 Å². The van der Waals surface area contributed by atoms with Crippen LogP contribution < -0.4 is 4.74 Å². The summed E-state index contributed by atoms with van der Waals surface area (Å²) in [7, 11) is 3.83. The molecule has 0 atom stereocenters. The Morgan fingerprint density at radius 1 is 1.30 bits per heavy atom. The highest BCUT2D eigenvalue weighted by atomic mass is 16.5. The van der Waals surface area contributed by atoms with Gasteiger partial charge in [0.2, 0.25) is 0 Å². The summed E-state index contributed by atoms with van der Waals surface area (Å²) in [6, 6.07) is 10.5. The average Bonchev–Trinajstić information content (AvgIpc) is 2.44. The Balaban J connectivity index is 2.30. The zero-order valence-corrected chi connectivity index (χ0v) is 13.1. The van der Waals surface area contributed by atoms with Gasteiger partial charge in [0.1, 0.15) is 5.75 Å². The van der Waals surface area contributed by atoms with Crippen LogP contribution in [0.5, 0.6) is 5.75 Å². The van der Waals surface area contributed by atoms with Gasteiger partial charge in [-0.1, -0.05) is 18.6 Å². The van der Waals surface area contributed by atoms with Gasteiger partial charge in [0, 0.05) is 6.54 Å². The second-order valence-corrected chi connectivity index (χ2v) is 6.04. The zero-order chi connectivity index (χ0) is 15.0. The second-order valence-electron chi connectivity index (χ2n) is 6.04. The first-order chi connectivity index (χ1) is 9.46. The van der Waals surface area contributed by atoms with Crippen molar-refractivity contribution < 1.29 is 4.74 Å². The van der Waals surface area contributed by atoms with Crippen LogP contribution in [0, 0.1) is 16.7 Å². The Morgan fingerprint density at radius 2 is 2.05 bits per heavy atom. The fourth-order valence-corrected chi connectivity index (χ4v) is 2.17. The first kappa shape index (κ1) is 16.5. The van der Waals surface area contributed by atoms with Gasteiger partial charge in [0.25, 0.3) is 0 Å². The van der Waals surface area contributed by atoms with E-state index < -0.39 is 0 Å². The van der Waals surface area contributed by atoms with Crippen molar-refractivity contribution in [1.29, 1.82) is 5.26 Å². The minimum Gasteiger partial charge on any atom is -0.497 e. The fraction of sp³-hybridized carbons (Fsp3) is 0.588. The van der Waals surface area contributed by atoms with Crippen molar-refractivity contribution in [1.82, 2.24) is 4.90 Å². The minimum absolute atomic E-state index is 0.189. The van der Waals surface area contributed by atoms with Crippen molar-refractivity contribution in [3.63, 3.8) is 0 Å². The molecule has 0 spiro atoms. The van der Waals surface area contributed by atoms with E-state index >= 15 is 0 Å². The van der Waals surface area contributed by atoms with Crippen LogP contribution in [0.3, 0.4) is 0 Å². The predicted molar refractivity (Wildman–Crippen MR) is 82.6 cm³/mol. The normalized spacial score (nSPS) is 11.4. The van der Waals surface area contributed by atoms with Gasteiger partial charge < -0.3 is 9.64 Å². The molecule has 0 aliphatic carbocycles. The first-order valence-corrected chi connectivity index (χ1v) is 7.19. The molecule has 110 valence electrons. The number of nitriles is 1. The van der Waals surface area contributed by atoms with Crippen LogP contribution in [0.4, 0.5) is 0 Å². The SMILES string of the molecule is COc1cccc(CN(C)CCCCC(C)(C)C#N)c1. The maximum Gasteiger partial charge on any atom is 0.119 e. The molecular weight excluding hydrogens is 248 g/mol. The van der Waals surface area contributed by atoms with E-state index in [0.29, 0.717) is 0 Å². The number of methoxy groups -OCH3 is 1. The number of hydrogen-bond donors (Lipinski definition) is 0. The molecule has 3 heteroatoms. The lowest BCUT2D eigenvalue weighted by Crippen LogP contribution is -2.19. The van der Waals surface area contributed by atoms with Gasteiger partial charge in [-0.15, -0.1) is 0 Å². The molecule has 1 aromatic rings. The Morgan fingerprint density at radius 3 is 2.70 bits per heavy atom. The van der Waals surface area contributed by atoms with Crippen LogP contribution in [0.2, 0.25) is 0 Å². The highest BCUT2D eigenvalue weighted by Gasteiger charge is 2.15. The smallest absolute Gasteiger partial charge is 0.119 e. The molecule has 3 nitrogen and oxygen atoms in total. The molecule has 0 N–H and O–H groups in total. The van der Waals surface area contributed by atoms with Crippen LogP contribution in [0.25, 0.3) is 0 Å². The molecule has 20 heavy (non-hydrogen) atoms.